The maximum Gasteiger partial charge on any atom is 0.139 e. The Bertz CT molecular complexity index is 731. The predicted octanol–water partition coefficient (Wildman–Crippen LogP) is 3.55. The van der Waals surface area contributed by atoms with Gasteiger partial charge in [-0.25, -0.2) is 4.98 Å². The predicted molar refractivity (Wildman–Crippen MR) is 74.8 cm³/mol. The molecule has 0 aliphatic carbocycles. The zero-order valence-corrected chi connectivity index (χ0v) is 10.6. The highest BCUT2D eigenvalue weighted by Gasteiger charge is 2.11. The molecular weight excluding hydrogens is 246 g/mol. The summed E-state index contributed by atoms with van der Waals surface area (Å²) in [6, 6.07) is 11.5. The lowest BCUT2D eigenvalue weighted by Gasteiger charge is -2.00. The summed E-state index contributed by atoms with van der Waals surface area (Å²) >= 11 is 6.00. The van der Waals surface area contributed by atoms with Gasteiger partial charge in [-0.1, -0.05) is 29.8 Å². The molecule has 0 spiro atoms. The van der Waals surface area contributed by atoms with Crippen molar-refractivity contribution in [1.29, 1.82) is 0 Å². The molecule has 0 saturated heterocycles. The smallest absolute Gasteiger partial charge is 0.139 e. The fraction of sp³-hybridized carbons (Fsp3) is 0.0714. The third kappa shape index (κ3) is 1.73. The van der Waals surface area contributed by atoms with E-state index in [1.54, 1.807) is 0 Å². The first-order chi connectivity index (χ1) is 8.65. The van der Waals surface area contributed by atoms with Gasteiger partial charge in [-0.05, 0) is 30.7 Å². The van der Waals surface area contributed by atoms with Crippen LogP contribution >= 0.6 is 11.6 Å². The maximum absolute atomic E-state index is 6.15. The molecule has 0 bridgehead atoms. The number of hydrogen-bond donors (Lipinski definition) is 1. The third-order valence-corrected chi connectivity index (χ3v) is 3.14. The molecule has 3 nitrogen and oxygen atoms in total. The Balaban J connectivity index is 2.27. The Morgan fingerprint density at radius 2 is 2.06 bits per heavy atom. The number of hydrogen-bond acceptors (Lipinski definition) is 2. The number of halogens is 1. The molecule has 3 aromatic rings. The number of fused-ring (bicyclic) bond motifs is 1. The summed E-state index contributed by atoms with van der Waals surface area (Å²) in [5, 5.41) is 0.681. The molecule has 1 aromatic carbocycles. The van der Waals surface area contributed by atoms with E-state index in [1.165, 1.54) is 0 Å². The summed E-state index contributed by atoms with van der Waals surface area (Å²) in [6.45, 7) is 2.03. The highest BCUT2D eigenvalue weighted by molar-refractivity contribution is 6.30. The number of rotatable bonds is 1. The Morgan fingerprint density at radius 1 is 1.22 bits per heavy atom. The normalized spacial score (nSPS) is 11.0. The van der Waals surface area contributed by atoms with E-state index in [0.29, 0.717) is 10.8 Å². The third-order valence-electron chi connectivity index (χ3n) is 2.90. The van der Waals surface area contributed by atoms with Gasteiger partial charge < -0.3 is 5.73 Å². The maximum atomic E-state index is 6.15. The molecule has 2 aromatic heterocycles. The number of imidazole rings is 1. The summed E-state index contributed by atoms with van der Waals surface area (Å²) in [7, 11) is 0. The van der Waals surface area contributed by atoms with E-state index in [-0.39, 0.29) is 0 Å². The number of aryl methyl sites for hydroxylation is 1. The molecule has 2 N–H and O–H groups in total. The van der Waals surface area contributed by atoms with Crippen molar-refractivity contribution in [1.82, 2.24) is 9.38 Å². The Labute approximate surface area is 110 Å². The summed E-state index contributed by atoms with van der Waals surface area (Å²) in [4.78, 5) is 4.54. The monoisotopic (exact) mass is 257 g/mol. The second-order valence-corrected chi connectivity index (χ2v) is 4.73. The highest BCUT2D eigenvalue weighted by Crippen LogP contribution is 2.28. The molecule has 0 aliphatic rings. The van der Waals surface area contributed by atoms with Gasteiger partial charge in [-0.15, -0.1) is 0 Å². The van der Waals surface area contributed by atoms with Gasteiger partial charge >= 0.3 is 0 Å². The first-order valence-corrected chi connectivity index (χ1v) is 6.03. The van der Waals surface area contributed by atoms with Crippen LogP contribution in [0.3, 0.4) is 0 Å². The van der Waals surface area contributed by atoms with E-state index < -0.39 is 0 Å². The van der Waals surface area contributed by atoms with E-state index in [4.69, 9.17) is 17.3 Å². The quantitative estimate of drug-likeness (QED) is 0.725. The number of aromatic nitrogens is 2. The van der Waals surface area contributed by atoms with Gasteiger partial charge in [0.05, 0.1) is 0 Å². The first-order valence-electron chi connectivity index (χ1n) is 5.65. The van der Waals surface area contributed by atoms with Crippen LogP contribution in [0, 0.1) is 6.92 Å². The summed E-state index contributed by atoms with van der Waals surface area (Å²) in [5.74, 6) is 0.635. The second kappa shape index (κ2) is 4.03. The SMILES string of the molecule is Cc1ccc2nc(-c3cccc(Cl)c3)c(N)n2c1. The molecule has 18 heavy (non-hydrogen) atoms. The largest absolute Gasteiger partial charge is 0.383 e. The minimum atomic E-state index is 0.635. The van der Waals surface area contributed by atoms with Crippen LogP contribution in [0.25, 0.3) is 16.9 Å². The van der Waals surface area contributed by atoms with Crippen LogP contribution in [0.5, 0.6) is 0 Å². The van der Waals surface area contributed by atoms with E-state index in [2.05, 4.69) is 4.98 Å². The van der Waals surface area contributed by atoms with Crippen LogP contribution in [-0.2, 0) is 0 Å². The van der Waals surface area contributed by atoms with Gasteiger partial charge in [-0.3, -0.25) is 4.40 Å². The number of nitrogen functional groups attached to an aromatic ring is 1. The molecule has 4 heteroatoms. The average Bonchev–Trinajstić information content (AvgIpc) is 2.67. The molecule has 0 radical (unpaired) electrons. The molecule has 0 atom stereocenters. The minimum Gasteiger partial charge on any atom is -0.383 e. The standard InChI is InChI=1S/C14H12ClN3/c1-9-5-6-12-17-13(14(16)18(12)8-9)10-3-2-4-11(15)7-10/h2-8H,16H2,1H3. The summed E-state index contributed by atoms with van der Waals surface area (Å²) in [5.41, 5.74) is 9.83. The van der Waals surface area contributed by atoms with Gasteiger partial charge in [0.1, 0.15) is 17.2 Å². The van der Waals surface area contributed by atoms with Crippen LogP contribution in [0.15, 0.2) is 42.6 Å². The summed E-state index contributed by atoms with van der Waals surface area (Å²) < 4.78 is 1.89. The zero-order valence-electron chi connectivity index (χ0n) is 9.89. The Morgan fingerprint density at radius 3 is 2.83 bits per heavy atom. The molecule has 0 saturated carbocycles. The molecule has 90 valence electrons. The molecular formula is C14H12ClN3. The lowest BCUT2D eigenvalue weighted by molar-refractivity contribution is 1.16. The van der Waals surface area contributed by atoms with Crippen molar-refractivity contribution < 1.29 is 0 Å². The number of anilines is 1. The highest BCUT2D eigenvalue weighted by atomic mass is 35.5. The van der Waals surface area contributed by atoms with Crippen LogP contribution in [0.4, 0.5) is 5.82 Å². The van der Waals surface area contributed by atoms with Gasteiger partial charge in [0.25, 0.3) is 0 Å². The topological polar surface area (TPSA) is 43.3 Å². The second-order valence-electron chi connectivity index (χ2n) is 4.29. The molecule has 2 heterocycles. The van der Waals surface area contributed by atoms with Crippen LogP contribution in [0.1, 0.15) is 5.56 Å². The van der Waals surface area contributed by atoms with Gasteiger partial charge in [0.2, 0.25) is 0 Å². The average molecular weight is 258 g/mol. The molecule has 0 unspecified atom stereocenters. The molecule has 3 rings (SSSR count). The van der Waals surface area contributed by atoms with Crippen LogP contribution in [-0.4, -0.2) is 9.38 Å². The molecule has 0 fully saturated rings. The van der Waals surface area contributed by atoms with E-state index in [9.17, 15) is 0 Å². The minimum absolute atomic E-state index is 0.635. The van der Waals surface area contributed by atoms with Crippen molar-refractivity contribution in [3.8, 4) is 11.3 Å². The van der Waals surface area contributed by atoms with Crippen molar-refractivity contribution in [3.63, 3.8) is 0 Å². The zero-order chi connectivity index (χ0) is 12.7. The number of nitrogens with two attached hydrogens (primary N) is 1. The van der Waals surface area contributed by atoms with E-state index in [0.717, 1.165) is 22.5 Å². The van der Waals surface area contributed by atoms with E-state index >= 15 is 0 Å². The van der Waals surface area contributed by atoms with Gasteiger partial charge in [0.15, 0.2) is 0 Å². The molecule has 0 amide bonds. The number of benzene rings is 1. The lowest BCUT2D eigenvalue weighted by Crippen LogP contribution is -1.94. The van der Waals surface area contributed by atoms with Crippen molar-refractivity contribution in [2.24, 2.45) is 0 Å². The fourth-order valence-electron chi connectivity index (χ4n) is 2.02. The van der Waals surface area contributed by atoms with Crippen molar-refractivity contribution >= 4 is 23.1 Å². The first kappa shape index (κ1) is 11.1. The van der Waals surface area contributed by atoms with Crippen molar-refractivity contribution in [2.75, 3.05) is 5.73 Å². The van der Waals surface area contributed by atoms with E-state index in [1.807, 2.05) is 53.9 Å². The number of nitrogens with zero attached hydrogens (tertiary/aromatic N) is 2. The van der Waals surface area contributed by atoms with Crippen LogP contribution < -0.4 is 5.73 Å². The Kier molecular flexibility index (Phi) is 2.49. The van der Waals surface area contributed by atoms with Crippen molar-refractivity contribution in [2.45, 2.75) is 6.92 Å². The van der Waals surface area contributed by atoms with Gasteiger partial charge in [0, 0.05) is 16.8 Å². The number of pyridine rings is 1. The van der Waals surface area contributed by atoms with Gasteiger partial charge in [-0.2, -0.15) is 0 Å². The molecule has 0 aliphatic heterocycles. The van der Waals surface area contributed by atoms with Crippen LogP contribution in [0.2, 0.25) is 5.02 Å². The Hall–Kier alpha value is -2.00. The van der Waals surface area contributed by atoms with Crippen molar-refractivity contribution in [3.05, 3.63) is 53.2 Å². The lowest BCUT2D eigenvalue weighted by atomic mass is 10.1. The fourth-order valence-corrected chi connectivity index (χ4v) is 2.21. The summed E-state index contributed by atoms with van der Waals surface area (Å²) in [6.07, 6.45) is 1.98.